The normalized spacial score (nSPS) is 13.6. The van der Waals surface area contributed by atoms with E-state index < -0.39 is 5.97 Å². The Morgan fingerprint density at radius 1 is 0.921 bits per heavy atom. The first-order valence-electron chi connectivity index (χ1n) is 12.5. The number of carbonyl (C=O) groups excluding carboxylic acids is 3. The average Bonchev–Trinajstić information content (AvgIpc) is 3.23. The molecule has 8 heteroatoms. The number of benzene rings is 3. The molecule has 0 aliphatic carbocycles. The van der Waals surface area contributed by atoms with Crippen molar-refractivity contribution in [3.63, 3.8) is 0 Å². The summed E-state index contributed by atoms with van der Waals surface area (Å²) < 4.78 is 5.10. The van der Waals surface area contributed by atoms with E-state index in [1.807, 2.05) is 73.6 Å². The van der Waals surface area contributed by atoms with Crippen molar-refractivity contribution in [3.05, 3.63) is 89.5 Å². The molecule has 38 heavy (non-hydrogen) atoms. The van der Waals surface area contributed by atoms with Gasteiger partial charge in [0.1, 0.15) is 0 Å². The fourth-order valence-corrected chi connectivity index (χ4v) is 4.28. The van der Waals surface area contributed by atoms with Gasteiger partial charge in [0, 0.05) is 37.0 Å². The van der Waals surface area contributed by atoms with Gasteiger partial charge in [-0.15, -0.1) is 0 Å². The Labute approximate surface area is 222 Å². The number of hydrogen-bond acceptors (Lipinski definition) is 6. The van der Waals surface area contributed by atoms with E-state index in [1.165, 1.54) is 0 Å². The second kappa shape index (κ2) is 11.7. The Balaban J connectivity index is 1.71. The second-order valence-corrected chi connectivity index (χ2v) is 9.20. The molecule has 0 saturated carbocycles. The molecule has 0 radical (unpaired) electrons. The molecule has 3 aromatic rings. The zero-order valence-corrected chi connectivity index (χ0v) is 22.1. The van der Waals surface area contributed by atoms with Crippen LogP contribution in [0.25, 0.3) is 11.3 Å². The lowest BCUT2D eigenvalue weighted by Gasteiger charge is -2.23. The molecule has 1 heterocycles. The first kappa shape index (κ1) is 26.6. The van der Waals surface area contributed by atoms with Crippen LogP contribution in [0.3, 0.4) is 0 Å². The minimum absolute atomic E-state index is 0.0268. The molecule has 3 aromatic carbocycles. The molecule has 0 spiro atoms. The van der Waals surface area contributed by atoms with Crippen molar-refractivity contribution in [3.8, 4) is 0 Å². The minimum atomic E-state index is -0.436. The lowest BCUT2D eigenvalue weighted by atomic mass is 9.99. The Hall–Kier alpha value is -4.43. The van der Waals surface area contributed by atoms with Gasteiger partial charge in [-0.25, -0.2) is 4.79 Å². The zero-order valence-electron chi connectivity index (χ0n) is 22.1. The van der Waals surface area contributed by atoms with Crippen LogP contribution in [0, 0.1) is 0 Å². The summed E-state index contributed by atoms with van der Waals surface area (Å²) in [5, 5.41) is 6.32. The summed E-state index contributed by atoms with van der Waals surface area (Å²) in [4.78, 5) is 41.4. The van der Waals surface area contributed by atoms with Crippen LogP contribution in [0.4, 0.5) is 17.1 Å². The molecule has 1 aliphatic heterocycles. The molecule has 2 amide bonds. The minimum Gasteiger partial charge on any atom is -0.462 e. The monoisotopic (exact) mass is 512 g/mol. The molecule has 1 aliphatic rings. The number of rotatable bonds is 9. The third-order valence-electron chi connectivity index (χ3n) is 6.19. The van der Waals surface area contributed by atoms with Crippen LogP contribution in [-0.2, 0) is 14.3 Å². The molecule has 0 fully saturated rings. The number of hydrogen-bond donors (Lipinski definition) is 2. The number of esters is 1. The number of nitrogens with one attached hydrogen (secondary N) is 2. The van der Waals surface area contributed by atoms with Gasteiger partial charge in [0.15, 0.2) is 0 Å². The number of fused-ring (bicyclic) bond motifs is 1. The van der Waals surface area contributed by atoms with E-state index in [0.717, 1.165) is 23.5 Å². The van der Waals surface area contributed by atoms with Crippen molar-refractivity contribution in [1.29, 1.82) is 0 Å². The maximum Gasteiger partial charge on any atom is 0.338 e. The highest BCUT2D eigenvalue weighted by Crippen LogP contribution is 2.38. The smallest absolute Gasteiger partial charge is 0.338 e. The van der Waals surface area contributed by atoms with Crippen molar-refractivity contribution in [2.75, 3.05) is 49.3 Å². The molecule has 0 aromatic heterocycles. The molecular formula is C30H32N4O4. The fraction of sp³-hybridized carbons (Fsp3) is 0.233. The number of carbonyl (C=O) groups is 3. The van der Waals surface area contributed by atoms with Gasteiger partial charge in [-0.05, 0) is 63.0 Å². The first-order chi connectivity index (χ1) is 18.3. The average molecular weight is 513 g/mol. The molecule has 0 atom stereocenters. The van der Waals surface area contributed by atoms with Gasteiger partial charge in [-0.1, -0.05) is 36.4 Å². The van der Waals surface area contributed by atoms with Crippen LogP contribution in [0.2, 0.25) is 0 Å². The quantitative estimate of drug-likeness (QED) is 0.319. The molecule has 2 N–H and O–H groups in total. The van der Waals surface area contributed by atoms with Crippen LogP contribution in [0.5, 0.6) is 0 Å². The lowest BCUT2D eigenvalue weighted by molar-refractivity contribution is -0.116. The third-order valence-corrected chi connectivity index (χ3v) is 6.19. The van der Waals surface area contributed by atoms with E-state index in [9.17, 15) is 14.4 Å². The standard InChI is InChI=1S/C30H32N4O4/c1-5-38-30(37)22-11-16-25-26(19-22)32-29(36)27(25)28(21-9-7-6-8-10-21)31-23-12-14-24(15-13-23)34(20(2)35)18-17-33(3)4/h6-16,19,31H,5,17-18H2,1-4H3,(H,32,36)/b28-27-. The number of nitrogens with zero attached hydrogens (tertiary/aromatic N) is 2. The van der Waals surface area contributed by atoms with E-state index in [4.69, 9.17) is 4.74 Å². The van der Waals surface area contributed by atoms with Crippen molar-refractivity contribution in [2.45, 2.75) is 13.8 Å². The zero-order chi connectivity index (χ0) is 27.2. The van der Waals surface area contributed by atoms with Gasteiger partial charge in [0.25, 0.3) is 5.91 Å². The maximum absolute atomic E-state index is 13.2. The lowest BCUT2D eigenvalue weighted by Crippen LogP contribution is -2.35. The van der Waals surface area contributed by atoms with E-state index in [-0.39, 0.29) is 18.4 Å². The number of ether oxygens (including phenoxy) is 1. The highest BCUT2D eigenvalue weighted by molar-refractivity contribution is 6.37. The van der Waals surface area contributed by atoms with Crippen LogP contribution in [-0.4, -0.2) is 56.5 Å². The van der Waals surface area contributed by atoms with Crippen LogP contribution >= 0.6 is 0 Å². The van der Waals surface area contributed by atoms with Crippen molar-refractivity contribution in [1.82, 2.24) is 4.90 Å². The summed E-state index contributed by atoms with van der Waals surface area (Å²) in [5.74, 6) is -0.731. The summed E-state index contributed by atoms with van der Waals surface area (Å²) in [6.45, 7) is 4.91. The number of amides is 2. The Morgan fingerprint density at radius 3 is 2.26 bits per heavy atom. The van der Waals surface area contributed by atoms with Crippen molar-refractivity contribution < 1.29 is 19.1 Å². The van der Waals surface area contributed by atoms with Gasteiger partial charge in [0.2, 0.25) is 5.91 Å². The molecular weight excluding hydrogens is 480 g/mol. The first-order valence-corrected chi connectivity index (χ1v) is 12.5. The third kappa shape index (κ3) is 5.92. The molecule has 0 unspecified atom stereocenters. The van der Waals surface area contributed by atoms with E-state index >= 15 is 0 Å². The van der Waals surface area contributed by atoms with Crippen LogP contribution in [0.1, 0.15) is 35.3 Å². The largest absolute Gasteiger partial charge is 0.462 e. The van der Waals surface area contributed by atoms with E-state index in [2.05, 4.69) is 10.6 Å². The summed E-state index contributed by atoms with van der Waals surface area (Å²) in [5.41, 5.74) is 5.13. The number of likely N-dealkylation sites (N-methyl/N-ethyl adjacent to an activating group) is 1. The molecule has 4 rings (SSSR count). The molecule has 0 saturated heterocycles. The summed E-state index contributed by atoms with van der Waals surface area (Å²) in [7, 11) is 3.94. The summed E-state index contributed by atoms with van der Waals surface area (Å²) >= 11 is 0. The van der Waals surface area contributed by atoms with Gasteiger partial charge in [-0.3, -0.25) is 9.59 Å². The molecule has 196 valence electrons. The van der Waals surface area contributed by atoms with Gasteiger partial charge >= 0.3 is 5.97 Å². The van der Waals surface area contributed by atoms with E-state index in [1.54, 1.807) is 36.9 Å². The van der Waals surface area contributed by atoms with Crippen LogP contribution in [0.15, 0.2) is 72.8 Å². The molecule has 8 nitrogen and oxygen atoms in total. The predicted molar refractivity (Wildman–Crippen MR) is 151 cm³/mol. The summed E-state index contributed by atoms with van der Waals surface area (Å²) in [6.07, 6.45) is 0. The predicted octanol–water partition coefficient (Wildman–Crippen LogP) is 4.71. The Morgan fingerprint density at radius 2 is 1.63 bits per heavy atom. The van der Waals surface area contributed by atoms with Gasteiger partial charge < -0.3 is 25.2 Å². The van der Waals surface area contributed by atoms with Gasteiger partial charge in [-0.2, -0.15) is 0 Å². The summed E-state index contributed by atoms with van der Waals surface area (Å²) in [6, 6.07) is 22.2. The SMILES string of the molecule is CCOC(=O)c1ccc2c(c1)NC(=O)/C2=C(\Nc1ccc(N(CCN(C)C)C(C)=O)cc1)c1ccccc1. The fourth-order valence-electron chi connectivity index (χ4n) is 4.28. The van der Waals surface area contributed by atoms with Gasteiger partial charge in [0.05, 0.1) is 29.1 Å². The second-order valence-electron chi connectivity index (χ2n) is 9.20. The van der Waals surface area contributed by atoms with Crippen LogP contribution < -0.4 is 15.5 Å². The Kier molecular flexibility index (Phi) is 8.23. The highest BCUT2D eigenvalue weighted by Gasteiger charge is 2.29. The van der Waals surface area contributed by atoms with E-state index in [0.29, 0.717) is 34.6 Å². The topological polar surface area (TPSA) is 91.0 Å². The number of anilines is 3. The molecule has 0 bridgehead atoms. The van der Waals surface area contributed by atoms with Crippen molar-refractivity contribution in [2.24, 2.45) is 0 Å². The van der Waals surface area contributed by atoms with Crippen molar-refractivity contribution >= 4 is 46.1 Å². The highest BCUT2D eigenvalue weighted by atomic mass is 16.5. The maximum atomic E-state index is 13.2. The Bertz CT molecular complexity index is 1360.